The highest BCUT2D eigenvalue weighted by molar-refractivity contribution is 5.86. The number of carbonyl (C=O) groups excluding carboxylic acids is 1. The van der Waals surface area contributed by atoms with Crippen LogP contribution >= 0.6 is 0 Å². The van der Waals surface area contributed by atoms with E-state index in [4.69, 9.17) is 9.47 Å². The molecule has 23 heavy (non-hydrogen) atoms. The van der Waals surface area contributed by atoms with Gasteiger partial charge in [0.15, 0.2) is 0 Å². The van der Waals surface area contributed by atoms with Crippen LogP contribution in [0.4, 0.5) is 10.5 Å². The lowest BCUT2D eigenvalue weighted by Crippen LogP contribution is -2.30. The fourth-order valence-electron chi connectivity index (χ4n) is 1.92. The van der Waals surface area contributed by atoms with Gasteiger partial charge >= 0.3 is 6.09 Å². The monoisotopic (exact) mass is 323 g/mol. The van der Waals surface area contributed by atoms with Gasteiger partial charge in [-0.1, -0.05) is 20.8 Å². The third-order valence-electron chi connectivity index (χ3n) is 3.36. The Morgan fingerprint density at radius 3 is 2.30 bits per heavy atom. The molecule has 1 rings (SSSR count). The number of methoxy groups -OCH3 is 1. The predicted octanol–water partition coefficient (Wildman–Crippen LogP) is 3.99. The molecule has 1 aromatic rings. The summed E-state index contributed by atoms with van der Waals surface area (Å²) in [5.74, 6) is 0.677. The van der Waals surface area contributed by atoms with E-state index in [2.05, 4.69) is 5.32 Å². The number of hydrogen-bond acceptors (Lipinski definition) is 4. The third kappa shape index (κ3) is 6.48. The van der Waals surface area contributed by atoms with Gasteiger partial charge in [0, 0.05) is 12.1 Å². The topological polar surface area (TPSA) is 67.8 Å². The van der Waals surface area contributed by atoms with E-state index >= 15 is 0 Å². The van der Waals surface area contributed by atoms with Gasteiger partial charge in [0.1, 0.15) is 11.4 Å². The first-order chi connectivity index (χ1) is 10.4. The Hall–Kier alpha value is -1.75. The van der Waals surface area contributed by atoms with Crippen LogP contribution in [-0.4, -0.2) is 30.0 Å². The van der Waals surface area contributed by atoms with Gasteiger partial charge in [-0.05, 0) is 49.9 Å². The highest BCUT2D eigenvalue weighted by Crippen LogP contribution is 2.28. The van der Waals surface area contributed by atoms with Crippen LogP contribution < -0.4 is 10.1 Å². The molecule has 0 saturated carbocycles. The number of aliphatic hydroxyl groups excluding tert-OH is 1. The van der Waals surface area contributed by atoms with Crippen LogP contribution in [0.3, 0.4) is 0 Å². The van der Waals surface area contributed by atoms with Crippen molar-refractivity contribution >= 4 is 11.8 Å². The highest BCUT2D eigenvalue weighted by Gasteiger charge is 2.24. The first-order valence-electron chi connectivity index (χ1n) is 7.77. The molecule has 0 aliphatic heterocycles. The average Bonchev–Trinajstić information content (AvgIpc) is 2.37. The van der Waals surface area contributed by atoms with Crippen LogP contribution in [-0.2, 0) is 11.2 Å². The highest BCUT2D eigenvalue weighted by atomic mass is 16.6. The molecule has 0 fully saturated rings. The molecule has 0 radical (unpaired) electrons. The summed E-state index contributed by atoms with van der Waals surface area (Å²) in [4.78, 5) is 12.0. The predicted molar refractivity (Wildman–Crippen MR) is 92.0 cm³/mol. The Bertz CT molecular complexity index is 541. The van der Waals surface area contributed by atoms with E-state index in [-0.39, 0.29) is 5.41 Å². The standard InChI is InChI=1S/C18H29NO4/c1-17(2,3)15(20)11-12-10-13(22-7)8-9-14(12)19-16(21)23-18(4,5)6/h8-10,15,20H,11H2,1-7H3,(H,19,21). The van der Waals surface area contributed by atoms with E-state index in [0.29, 0.717) is 17.9 Å². The van der Waals surface area contributed by atoms with E-state index < -0.39 is 17.8 Å². The van der Waals surface area contributed by atoms with Gasteiger partial charge in [-0.25, -0.2) is 4.79 Å². The molecule has 0 aromatic heterocycles. The Morgan fingerprint density at radius 1 is 1.22 bits per heavy atom. The number of aliphatic hydroxyl groups is 1. The lowest BCUT2D eigenvalue weighted by Gasteiger charge is -2.27. The van der Waals surface area contributed by atoms with E-state index in [9.17, 15) is 9.90 Å². The van der Waals surface area contributed by atoms with Crippen LogP contribution in [0.1, 0.15) is 47.1 Å². The molecular weight excluding hydrogens is 294 g/mol. The summed E-state index contributed by atoms with van der Waals surface area (Å²) in [6.07, 6.45) is -0.658. The summed E-state index contributed by atoms with van der Waals surface area (Å²) in [6, 6.07) is 5.34. The molecule has 1 aromatic carbocycles. The van der Waals surface area contributed by atoms with Crippen molar-refractivity contribution in [1.82, 2.24) is 0 Å². The van der Waals surface area contributed by atoms with Gasteiger partial charge in [0.25, 0.3) is 0 Å². The minimum atomic E-state index is -0.568. The van der Waals surface area contributed by atoms with Crippen molar-refractivity contribution in [3.8, 4) is 5.75 Å². The van der Waals surface area contributed by atoms with Gasteiger partial charge in [0.05, 0.1) is 13.2 Å². The zero-order valence-corrected chi connectivity index (χ0v) is 15.2. The molecule has 1 atom stereocenters. The molecule has 0 heterocycles. The zero-order valence-electron chi connectivity index (χ0n) is 15.2. The summed E-state index contributed by atoms with van der Waals surface area (Å²) >= 11 is 0. The van der Waals surface area contributed by atoms with Gasteiger partial charge in [-0.3, -0.25) is 5.32 Å². The number of rotatable bonds is 4. The number of amides is 1. The van der Waals surface area contributed by atoms with Crippen LogP contribution in [0.2, 0.25) is 0 Å². The number of ether oxygens (including phenoxy) is 2. The minimum absolute atomic E-state index is 0.258. The second kappa shape index (κ2) is 7.21. The van der Waals surface area contributed by atoms with Gasteiger partial charge in [-0.2, -0.15) is 0 Å². The van der Waals surface area contributed by atoms with Crippen molar-refractivity contribution in [3.05, 3.63) is 23.8 Å². The number of benzene rings is 1. The number of carbonyl (C=O) groups is 1. The molecule has 2 N–H and O–H groups in total. The maximum Gasteiger partial charge on any atom is 0.412 e. The molecule has 0 saturated heterocycles. The lowest BCUT2D eigenvalue weighted by atomic mass is 9.85. The molecule has 1 amide bonds. The van der Waals surface area contributed by atoms with Gasteiger partial charge in [-0.15, -0.1) is 0 Å². The molecule has 5 nitrogen and oxygen atoms in total. The summed E-state index contributed by atoms with van der Waals surface area (Å²) in [6.45, 7) is 11.3. The van der Waals surface area contributed by atoms with Crippen molar-refractivity contribution in [3.63, 3.8) is 0 Å². The van der Waals surface area contributed by atoms with Crippen LogP contribution in [0.25, 0.3) is 0 Å². The Labute approximate surface area is 139 Å². The minimum Gasteiger partial charge on any atom is -0.497 e. The second-order valence-corrected chi connectivity index (χ2v) is 7.74. The average molecular weight is 323 g/mol. The summed E-state index contributed by atoms with van der Waals surface area (Å²) < 4.78 is 10.5. The van der Waals surface area contributed by atoms with Gasteiger partial charge < -0.3 is 14.6 Å². The molecule has 0 aliphatic carbocycles. The van der Waals surface area contributed by atoms with Crippen LogP contribution in [0.5, 0.6) is 5.75 Å². The zero-order chi connectivity index (χ0) is 17.8. The maximum atomic E-state index is 12.0. The smallest absolute Gasteiger partial charge is 0.412 e. The lowest BCUT2D eigenvalue weighted by molar-refractivity contribution is 0.0620. The fraction of sp³-hybridized carbons (Fsp3) is 0.611. The van der Waals surface area contributed by atoms with Crippen LogP contribution in [0.15, 0.2) is 18.2 Å². The first-order valence-corrected chi connectivity index (χ1v) is 7.77. The molecule has 0 bridgehead atoms. The van der Waals surface area contributed by atoms with Crippen molar-refractivity contribution < 1.29 is 19.4 Å². The molecule has 0 spiro atoms. The third-order valence-corrected chi connectivity index (χ3v) is 3.36. The van der Waals surface area contributed by atoms with Crippen molar-refractivity contribution in [1.29, 1.82) is 0 Å². The van der Waals surface area contributed by atoms with E-state index in [1.54, 1.807) is 19.2 Å². The quantitative estimate of drug-likeness (QED) is 0.879. The molecule has 130 valence electrons. The number of anilines is 1. The summed E-state index contributed by atoms with van der Waals surface area (Å²) in [5.41, 5.74) is 0.592. The van der Waals surface area contributed by atoms with Gasteiger partial charge in [0.2, 0.25) is 0 Å². The van der Waals surface area contributed by atoms with Crippen LogP contribution in [0, 0.1) is 5.41 Å². The fourth-order valence-corrected chi connectivity index (χ4v) is 1.92. The number of hydrogen-bond donors (Lipinski definition) is 2. The first kappa shape index (κ1) is 19.3. The second-order valence-electron chi connectivity index (χ2n) is 7.74. The SMILES string of the molecule is COc1ccc(NC(=O)OC(C)(C)C)c(CC(O)C(C)(C)C)c1. The Balaban J connectivity index is 3.00. The maximum absolute atomic E-state index is 12.0. The van der Waals surface area contributed by atoms with E-state index in [1.165, 1.54) is 0 Å². The van der Waals surface area contributed by atoms with Crippen molar-refractivity contribution in [2.24, 2.45) is 5.41 Å². The van der Waals surface area contributed by atoms with Crippen molar-refractivity contribution in [2.45, 2.75) is 59.7 Å². The molecular formula is C18H29NO4. The van der Waals surface area contributed by atoms with Crippen molar-refractivity contribution in [2.75, 3.05) is 12.4 Å². The molecule has 0 aliphatic rings. The molecule has 1 unspecified atom stereocenters. The largest absolute Gasteiger partial charge is 0.497 e. The summed E-state index contributed by atoms with van der Waals surface area (Å²) in [7, 11) is 1.58. The van der Waals surface area contributed by atoms with E-state index in [0.717, 1.165) is 5.56 Å². The Kier molecular flexibility index (Phi) is 6.05. The van der Waals surface area contributed by atoms with E-state index in [1.807, 2.05) is 47.6 Å². The normalized spacial score (nSPS) is 13.4. The molecule has 5 heteroatoms. The Morgan fingerprint density at radius 2 is 1.83 bits per heavy atom. The number of nitrogens with one attached hydrogen (secondary N) is 1. The summed E-state index contributed by atoms with van der Waals surface area (Å²) in [5, 5.41) is 13.1.